The number of hydrogen-bond acceptors (Lipinski definition) is 2. The number of nitrogens with zero attached hydrogens (tertiary/aromatic N) is 1. The second-order valence-electron chi connectivity index (χ2n) is 7.43. The summed E-state index contributed by atoms with van der Waals surface area (Å²) in [5, 5.41) is 4.30. The molecule has 2 aromatic rings. The number of carbonyl (C=O) groups is 2. The lowest BCUT2D eigenvalue weighted by Gasteiger charge is -2.18. The van der Waals surface area contributed by atoms with Crippen molar-refractivity contribution in [2.45, 2.75) is 19.0 Å². The van der Waals surface area contributed by atoms with E-state index in [4.69, 9.17) is 23.2 Å². The molecule has 0 aliphatic rings. The Labute approximate surface area is 218 Å². The molecule has 0 aliphatic carbocycles. The molecule has 3 amide bonds. The summed E-state index contributed by atoms with van der Waals surface area (Å²) in [4.78, 5) is 25.5. The van der Waals surface area contributed by atoms with E-state index in [1.54, 1.807) is 14.0 Å². The fourth-order valence-corrected chi connectivity index (χ4v) is 4.09. The molecule has 190 valence electrons. The number of halogens is 7. The minimum absolute atomic E-state index is 0.205. The van der Waals surface area contributed by atoms with Crippen LogP contribution in [0, 0.1) is 5.82 Å². The van der Waals surface area contributed by atoms with Crippen LogP contribution in [0.25, 0.3) is 6.08 Å². The first-order chi connectivity index (χ1) is 16.3. The van der Waals surface area contributed by atoms with Gasteiger partial charge in [-0.2, -0.15) is 13.2 Å². The summed E-state index contributed by atoms with van der Waals surface area (Å²) >= 11 is 14.6. The van der Waals surface area contributed by atoms with Gasteiger partial charge in [-0.1, -0.05) is 41.4 Å². The third kappa shape index (κ3) is 8.12. The molecular weight excluding hydrogens is 577 g/mol. The minimum Gasteiger partial charge on any atom is -0.350 e. The molecule has 1 unspecified atom stereocenters. The van der Waals surface area contributed by atoms with Crippen LogP contribution in [0.15, 0.2) is 40.9 Å². The molecule has 12 heteroatoms. The van der Waals surface area contributed by atoms with Gasteiger partial charge < -0.3 is 15.5 Å². The Morgan fingerprint density at radius 2 is 1.77 bits per heavy atom. The fraction of sp³-hybridized carbons (Fsp3) is 0.304. The van der Waals surface area contributed by atoms with E-state index in [9.17, 15) is 27.2 Å². The van der Waals surface area contributed by atoms with Crippen LogP contribution in [-0.4, -0.2) is 49.7 Å². The standard InChI is InChI=1S/C23H22BrCl2F4N3O2/c1-3-31-22(35)33(2)9-8-32-21(34)15-6-4-13(10-17(15)24)5-7-16(23(28,29)30)14-11-18(25)20(27)19(26)12-14/h4-7,10-12,16H,3,8-9H2,1-2H3,(H,31,35)(H,32,34)/b7-5+. The van der Waals surface area contributed by atoms with Crippen molar-refractivity contribution in [2.75, 3.05) is 26.7 Å². The second kappa shape index (κ2) is 12.6. The molecule has 0 fully saturated rings. The number of urea groups is 1. The summed E-state index contributed by atoms with van der Waals surface area (Å²) in [5.74, 6) is -3.49. The summed E-state index contributed by atoms with van der Waals surface area (Å²) in [6.45, 7) is 2.77. The van der Waals surface area contributed by atoms with Crippen LogP contribution in [0.2, 0.25) is 10.0 Å². The zero-order valence-corrected chi connectivity index (χ0v) is 21.7. The van der Waals surface area contributed by atoms with Crippen LogP contribution >= 0.6 is 39.1 Å². The van der Waals surface area contributed by atoms with Crippen molar-refractivity contribution in [3.05, 3.63) is 73.4 Å². The largest absolute Gasteiger partial charge is 0.399 e. The predicted molar refractivity (Wildman–Crippen MR) is 132 cm³/mol. The zero-order valence-electron chi connectivity index (χ0n) is 18.6. The van der Waals surface area contributed by atoms with E-state index in [0.717, 1.165) is 18.2 Å². The summed E-state index contributed by atoms with van der Waals surface area (Å²) < 4.78 is 55.0. The normalized spacial score (nSPS) is 12.5. The van der Waals surface area contributed by atoms with Crippen molar-refractivity contribution in [1.82, 2.24) is 15.5 Å². The highest BCUT2D eigenvalue weighted by Crippen LogP contribution is 2.39. The van der Waals surface area contributed by atoms with Gasteiger partial charge in [0.1, 0.15) is 0 Å². The van der Waals surface area contributed by atoms with Gasteiger partial charge in [-0.15, -0.1) is 0 Å². The molecule has 2 rings (SSSR count). The van der Waals surface area contributed by atoms with Gasteiger partial charge in [0.15, 0.2) is 5.82 Å². The van der Waals surface area contributed by atoms with E-state index in [1.165, 1.54) is 29.2 Å². The highest BCUT2D eigenvalue weighted by atomic mass is 79.9. The number of allylic oxidation sites excluding steroid dienone is 1. The van der Waals surface area contributed by atoms with Crippen molar-refractivity contribution < 1.29 is 27.2 Å². The molecule has 0 bridgehead atoms. The number of rotatable bonds is 8. The molecule has 0 saturated heterocycles. The average Bonchev–Trinajstić information content (AvgIpc) is 2.76. The van der Waals surface area contributed by atoms with Crippen molar-refractivity contribution in [3.8, 4) is 0 Å². The smallest absolute Gasteiger partial charge is 0.350 e. The van der Waals surface area contributed by atoms with Crippen LogP contribution < -0.4 is 10.6 Å². The van der Waals surface area contributed by atoms with E-state index in [-0.39, 0.29) is 30.2 Å². The molecule has 35 heavy (non-hydrogen) atoms. The SMILES string of the molecule is CCNC(=O)N(C)CCNC(=O)c1ccc(/C=C/C(c2cc(Cl)c(F)c(Cl)c2)C(F)(F)F)cc1Br. The van der Waals surface area contributed by atoms with Crippen molar-refractivity contribution in [2.24, 2.45) is 0 Å². The van der Waals surface area contributed by atoms with E-state index in [2.05, 4.69) is 26.6 Å². The number of likely N-dealkylation sites (N-methyl/N-ethyl adjacent to an activating group) is 1. The Bertz CT molecular complexity index is 1090. The van der Waals surface area contributed by atoms with Gasteiger partial charge in [0.05, 0.1) is 21.5 Å². The monoisotopic (exact) mass is 597 g/mol. The van der Waals surface area contributed by atoms with Crippen LogP contribution in [0.3, 0.4) is 0 Å². The lowest BCUT2D eigenvalue weighted by atomic mass is 9.97. The van der Waals surface area contributed by atoms with Crippen molar-refractivity contribution in [3.63, 3.8) is 0 Å². The predicted octanol–water partition coefficient (Wildman–Crippen LogP) is 6.65. The average molecular weight is 599 g/mol. The minimum atomic E-state index is -4.68. The maximum Gasteiger partial charge on any atom is 0.399 e. The van der Waals surface area contributed by atoms with Crippen molar-refractivity contribution in [1.29, 1.82) is 0 Å². The number of hydrogen-bond donors (Lipinski definition) is 2. The molecule has 2 aromatic carbocycles. The number of benzene rings is 2. The molecule has 0 heterocycles. The number of amides is 3. The maximum absolute atomic E-state index is 13.7. The molecule has 5 nitrogen and oxygen atoms in total. The van der Waals surface area contributed by atoms with Gasteiger partial charge in [-0.25, -0.2) is 9.18 Å². The molecule has 0 spiro atoms. The van der Waals surface area contributed by atoms with Crippen LogP contribution in [-0.2, 0) is 0 Å². The summed E-state index contributed by atoms with van der Waals surface area (Å²) in [6.07, 6.45) is -2.55. The number of carbonyl (C=O) groups excluding carboxylic acids is 2. The number of nitrogens with one attached hydrogen (secondary N) is 2. The van der Waals surface area contributed by atoms with E-state index < -0.39 is 33.9 Å². The van der Waals surface area contributed by atoms with Gasteiger partial charge in [0, 0.05) is 31.2 Å². The molecule has 1 atom stereocenters. The maximum atomic E-state index is 13.7. The van der Waals surface area contributed by atoms with Crippen molar-refractivity contribution >= 4 is 57.1 Å². The van der Waals surface area contributed by atoms with E-state index in [1.807, 2.05) is 0 Å². The molecule has 2 N–H and O–H groups in total. The third-order valence-corrected chi connectivity index (χ3v) is 6.05. The van der Waals surface area contributed by atoms with E-state index >= 15 is 0 Å². The molecule has 0 aromatic heterocycles. The lowest BCUT2D eigenvalue weighted by molar-refractivity contribution is -0.139. The molecule has 0 aliphatic heterocycles. The van der Waals surface area contributed by atoms with Gasteiger partial charge in [-0.05, 0) is 58.2 Å². The number of alkyl halides is 3. The second-order valence-corrected chi connectivity index (χ2v) is 9.10. The van der Waals surface area contributed by atoms with E-state index in [0.29, 0.717) is 16.6 Å². The Morgan fingerprint density at radius 1 is 1.14 bits per heavy atom. The third-order valence-electron chi connectivity index (χ3n) is 4.84. The molecule has 0 saturated carbocycles. The topological polar surface area (TPSA) is 61.4 Å². The lowest BCUT2D eigenvalue weighted by Crippen LogP contribution is -2.41. The zero-order chi connectivity index (χ0) is 26.3. The fourth-order valence-electron chi connectivity index (χ4n) is 3.01. The van der Waals surface area contributed by atoms with Crippen LogP contribution in [0.1, 0.15) is 34.3 Å². The molecule has 0 radical (unpaired) electrons. The van der Waals surface area contributed by atoms with Gasteiger partial charge in [-0.3, -0.25) is 4.79 Å². The highest BCUT2D eigenvalue weighted by Gasteiger charge is 2.39. The Balaban J connectivity index is 2.14. The first-order valence-corrected chi connectivity index (χ1v) is 11.9. The first-order valence-electron chi connectivity index (χ1n) is 10.3. The van der Waals surface area contributed by atoms with Gasteiger partial charge in [0.25, 0.3) is 5.91 Å². The highest BCUT2D eigenvalue weighted by molar-refractivity contribution is 9.10. The Kier molecular flexibility index (Phi) is 10.4. The van der Waals surface area contributed by atoms with Crippen LogP contribution in [0.5, 0.6) is 0 Å². The Morgan fingerprint density at radius 3 is 2.31 bits per heavy atom. The Hall–Kier alpha value is -2.30. The quantitative estimate of drug-likeness (QED) is 0.264. The molecular formula is C23H22BrCl2F4N3O2. The van der Waals surface area contributed by atoms with Crippen LogP contribution in [0.4, 0.5) is 22.4 Å². The first kappa shape index (κ1) is 28.9. The van der Waals surface area contributed by atoms with Gasteiger partial charge >= 0.3 is 12.2 Å². The van der Waals surface area contributed by atoms with Gasteiger partial charge in [0.2, 0.25) is 0 Å². The summed E-state index contributed by atoms with van der Waals surface area (Å²) in [6, 6.07) is 5.94. The summed E-state index contributed by atoms with van der Waals surface area (Å²) in [7, 11) is 1.59. The summed E-state index contributed by atoms with van der Waals surface area (Å²) in [5.41, 5.74) is 0.350.